The second kappa shape index (κ2) is 3.00. The molecule has 0 bridgehead atoms. The number of pyridine rings is 1. The molecule has 0 spiro atoms. The Labute approximate surface area is 80.4 Å². The van der Waals surface area contributed by atoms with Crippen LogP contribution in [0.15, 0.2) is 6.07 Å². The zero-order valence-corrected chi connectivity index (χ0v) is 7.64. The summed E-state index contributed by atoms with van der Waals surface area (Å²) < 4.78 is 0. The molecule has 0 fully saturated rings. The van der Waals surface area contributed by atoms with Crippen molar-refractivity contribution in [3.8, 4) is 0 Å². The van der Waals surface area contributed by atoms with E-state index in [1.165, 1.54) is 0 Å². The number of rotatable bonds is 1. The van der Waals surface area contributed by atoms with E-state index in [2.05, 4.69) is 4.98 Å². The molecule has 1 aliphatic carbocycles. The molecule has 1 heterocycles. The van der Waals surface area contributed by atoms with Gasteiger partial charge in [-0.25, -0.2) is 9.78 Å². The highest BCUT2D eigenvalue weighted by Crippen LogP contribution is 2.24. The Balaban J connectivity index is 2.55. The van der Waals surface area contributed by atoms with E-state index in [1.54, 1.807) is 6.07 Å². The lowest BCUT2D eigenvalue weighted by atomic mass is 10.1. The zero-order chi connectivity index (χ0) is 9.42. The molecule has 0 radical (unpaired) electrons. The van der Waals surface area contributed by atoms with Crippen molar-refractivity contribution in [3.63, 3.8) is 0 Å². The minimum Gasteiger partial charge on any atom is -0.478 e. The van der Waals surface area contributed by atoms with E-state index < -0.39 is 5.97 Å². The lowest BCUT2D eigenvalue weighted by Crippen LogP contribution is -2.02. The molecule has 2 rings (SSSR count). The average molecular weight is 198 g/mol. The first-order valence-electron chi connectivity index (χ1n) is 4.10. The Morgan fingerprint density at radius 2 is 2.31 bits per heavy atom. The third kappa shape index (κ3) is 1.40. The summed E-state index contributed by atoms with van der Waals surface area (Å²) in [6.07, 6.45) is 2.87. The van der Waals surface area contributed by atoms with Crippen LogP contribution < -0.4 is 0 Å². The molecule has 1 N–H and O–H groups in total. The fourth-order valence-corrected chi connectivity index (χ4v) is 1.83. The molecule has 13 heavy (non-hydrogen) atoms. The highest BCUT2D eigenvalue weighted by Gasteiger charge is 2.18. The Morgan fingerprint density at radius 1 is 1.54 bits per heavy atom. The van der Waals surface area contributed by atoms with Crippen molar-refractivity contribution < 1.29 is 9.90 Å². The highest BCUT2D eigenvalue weighted by molar-refractivity contribution is 6.32. The number of aromatic carboxylic acids is 1. The maximum absolute atomic E-state index is 10.7. The van der Waals surface area contributed by atoms with Gasteiger partial charge in [-0.1, -0.05) is 11.6 Å². The van der Waals surface area contributed by atoms with E-state index in [-0.39, 0.29) is 10.7 Å². The fraction of sp³-hybridized carbons (Fsp3) is 0.333. The van der Waals surface area contributed by atoms with Gasteiger partial charge in [0.2, 0.25) is 0 Å². The number of nitrogens with zero attached hydrogens (tertiary/aromatic N) is 1. The first-order chi connectivity index (χ1) is 6.18. The van der Waals surface area contributed by atoms with Crippen LogP contribution in [-0.4, -0.2) is 16.1 Å². The summed E-state index contributed by atoms with van der Waals surface area (Å²) in [6, 6.07) is 1.64. The first-order valence-corrected chi connectivity index (χ1v) is 4.48. The molecule has 68 valence electrons. The van der Waals surface area contributed by atoms with Crippen molar-refractivity contribution in [1.82, 2.24) is 4.98 Å². The van der Waals surface area contributed by atoms with E-state index in [0.717, 1.165) is 30.5 Å². The van der Waals surface area contributed by atoms with Crippen molar-refractivity contribution in [2.45, 2.75) is 19.3 Å². The number of aryl methyl sites for hydroxylation is 2. The van der Waals surface area contributed by atoms with E-state index >= 15 is 0 Å². The van der Waals surface area contributed by atoms with Crippen molar-refractivity contribution >= 4 is 17.6 Å². The SMILES string of the molecule is O=C(O)c1cc2c(nc1Cl)CCC2. The number of carboxylic acid groups (broad SMARTS) is 1. The molecule has 0 unspecified atom stereocenters. The maximum atomic E-state index is 10.7. The summed E-state index contributed by atoms with van der Waals surface area (Å²) in [5.41, 5.74) is 2.10. The molecular weight excluding hydrogens is 190 g/mol. The fourth-order valence-electron chi connectivity index (χ4n) is 1.60. The van der Waals surface area contributed by atoms with Gasteiger partial charge in [0, 0.05) is 5.69 Å². The standard InChI is InChI=1S/C9H8ClNO2/c10-8-6(9(12)13)4-5-2-1-3-7(5)11-8/h4H,1-3H2,(H,12,13). The molecule has 1 aromatic rings. The molecule has 1 aliphatic rings. The quantitative estimate of drug-likeness (QED) is 0.700. The van der Waals surface area contributed by atoms with Gasteiger partial charge in [0.05, 0.1) is 5.56 Å². The van der Waals surface area contributed by atoms with E-state index in [0.29, 0.717) is 0 Å². The van der Waals surface area contributed by atoms with Gasteiger partial charge in [0.25, 0.3) is 0 Å². The van der Waals surface area contributed by atoms with Gasteiger partial charge in [-0.05, 0) is 30.9 Å². The molecule has 0 atom stereocenters. The van der Waals surface area contributed by atoms with E-state index in [1.807, 2.05) is 0 Å². The van der Waals surface area contributed by atoms with Crippen LogP contribution in [0.25, 0.3) is 0 Å². The maximum Gasteiger partial charge on any atom is 0.338 e. The predicted molar refractivity (Wildman–Crippen MR) is 48.2 cm³/mol. The second-order valence-electron chi connectivity index (χ2n) is 3.09. The van der Waals surface area contributed by atoms with Crippen LogP contribution in [0.5, 0.6) is 0 Å². The summed E-state index contributed by atoms with van der Waals surface area (Å²) >= 11 is 5.71. The molecule has 0 aliphatic heterocycles. The Kier molecular flexibility index (Phi) is 1.96. The van der Waals surface area contributed by atoms with Crippen molar-refractivity contribution in [2.75, 3.05) is 0 Å². The Bertz CT molecular complexity index is 376. The van der Waals surface area contributed by atoms with Crippen molar-refractivity contribution in [3.05, 3.63) is 28.0 Å². The third-order valence-corrected chi connectivity index (χ3v) is 2.52. The van der Waals surface area contributed by atoms with Gasteiger partial charge < -0.3 is 5.11 Å². The van der Waals surface area contributed by atoms with Gasteiger partial charge in [0.15, 0.2) is 0 Å². The van der Waals surface area contributed by atoms with Crippen LogP contribution in [0, 0.1) is 0 Å². The predicted octanol–water partition coefficient (Wildman–Crippen LogP) is 1.92. The molecule has 4 heteroatoms. The number of hydrogen-bond acceptors (Lipinski definition) is 2. The Morgan fingerprint density at radius 3 is 3.00 bits per heavy atom. The van der Waals surface area contributed by atoms with Crippen LogP contribution in [0.4, 0.5) is 0 Å². The molecule has 0 saturated carbocycles. The third-order valence-electron chi connectivity index (χ3n) is 2.23. The molecule has 0 saturated heterocycles. The van der Waals surface area contributed by atoms with Crippen LogP contribution >= 0.6 is 11.6 Å². The van der Waals surface area contributed by atoms with Gasteiger partial charge in [-0.2, -0.15) is 0 Å². The van der Waals surface area contributed by atoms with Gasteiger partial charge in [-0.15, -0.1) is 0 Å². The monoisotopic (exact) mass is 197 g/mol. The van der Waals surface area contributed by atoms with Crippen LogP contribution in [-0.2, 0) is 12.8 Å². The topological polar surface area (TPSA) is 50.2 Å². The summed E-state index contributed by atoms with van der Waals surface area (Å²) in [4.78, 5) is 14.8. The molecule has 0 amide bonds. The van der Waals surface area contributed by atoms with Gasteiger partial charge in [-0.3, -0.25) is 0 Å². The minimum absolute atomic E-state index is 0.105. The van der Waals surface area contributed by atoms with E-state index in [4.69, 9.17) is 16.7 Å². The number of carbonyl (C=O) groups is 1. The lowest BCUT2D eigenvalue weighted by molar-refractivity contribution is 0.0696. The number of hydrogen-bond donors (Lipinski definition) is 1. The van der Waals surface area contributed by atoms with Gasteiger partial charge >= 0.3 is 5.97 Å². The second-order valence-corrected chi connectivity index (χ2v) is 3.45. The number of carboxylic acids is 1. The van der Waals surface area contributed by atoms with Crippen LogP contribution in [0.2, 0.25) is 5.15 Å². The minimum atomic E-state index is -1.01. The normalized spacial score (nSPS) is 14.2. The van der Waals surface area contributed by atoms with Crippen molar-refractivity contribution in [2.24, 2.45) is 0 Å². The number of aromatic nitrogens is 1. The van der Waals surface area contributed by atoms with E-state index in [9.17, 15) is 4.79 Å². The summed E-state index contributed by atoms with van der Waals surface area (Å²) in [5, 5.41) is 8.88. The Hall–Kier alpha value is -1.09. The molecule has 1 aromatic heterocycles. The molecular formula is C9H8ClNO2. The lowest BCUT2D eigenvalue weighted by Gasteiger charge is -2.02. The van der Waals surface area contributed by atoms with Crippen LogP contribution in [0.1, 0.15) is 28.0 Å². The van der Waals surface area contributed by atoms with Crippen molar-refractivity contribution in [1.29, 1.82) is 0 Å². The summed E-state index contributed by atoms with van der Waals surface area (Å²) in [7, 11) is 0. The molecule has 0 aromatic carbocycles. The van der Waals surface area contributed by atoms with Crippen LogP contribution in [0.3, 0.4) is 0 Å². The van der Waals surface area contributed by atoms with Gasteiger partial charge in [0.1, 0.15) is 5.15 Å². The smallest absolute Gasteiger partial charge is 0.338 e. The largest absolute Gasteiger partial charge is 0.478 e. The summed E-state index contributed by atoms with van der Waals surface area (Å²) in [5.74, 6) is -1.01. The zero-order valence-electron chi connectivity index (χ0n) is 6.88. The molecule has 3 nitrogen and oxygen atoms in total. The number of halogens is 1. The average Bonchev–Trinajstić information content (AvgIpc) is 2.48. The number of fused-ring (bicyclic) bond motifs is 1. The first kappa shape index (κ1) is 8.51. The highest BCUT2D eigenvalue weighted by atomic mass is 35.5. The summed E-state index contributed by atoms with van der Waals surface area (Å²) in [6.45, 7) is 0.